The van der Waals surface area contributed by atoms with Crippen LogP contribution in [0.4, 0.5) is 0 Å². The first-order chi connectivity index (χ1) is 8.12. The summed E-state index contributed by atoms with van der Waals surface area (Å²) in [6.07, 6.45) is 0. The van der Waals surface area contributed by atoms with Crippen molar-refractivity contribution in [3.05, 3.63) is 48.0 Å². The predicted molar refractivity (Wildman–Crippen MR) is 75.3 cm³/mol. The van der Waals surface area contributed by atoms with Crippen molar-refractivity contribution >= 4 is 22.4 Å². The van der Waals surface area contributed by atoms with Gasteiger partial charge in [0.2, 0.25) is 0 Å². The quantitative estimate of drug-likeness (QED) is 0.571. The molecule has 0 bridgehead atoms. The van der Waals surface area contributed by atoms with E-state index in [4.69, 9.17) is 11.6 Å². The molecule has 0 aliphatic heterocycles. The third-order valence-corrected chi connectivity index (χ3v) is 3.34. The van der Waals surface area contributed by atoms with E-state index in [1.54, 1.807) is 0 Å². The number of alkyl halides is 1. The number of benzene rings is 2. The van der Waals surface area contributed by atoms with Crippen LogP contribution < -0.4 is 12.4 Å². The number of hydrogen-bond donors (Lipinski definition) is 0. The highest BCUT2D eigenvalue weighted by Gasteiger charge is 2.16. The molecule has 18 heavy (non-hydrogen) atoms. The Labute approximate surface area is 120 Å². The van der Waals surface area contributed by atoms with Crippen LogP contribution in [0.3, 0.4) is 0 Å². The Morgan fingerprint density at radius 2 is 1.67 bits per heavy atom. The molecule has 1 nitrogen and oxygen atoms in total. The van der Waals surface area contributed by atoms with E-state index in [-0.39, 0.29) is 12.4 Å². The second kappa shape index (κ2) is 6.42. The maximum absolute atomic E-state index is 5.85. The Kier molecular flexibility index (Phi) is 5.46. The standard InChI is InChI=1S/C15H19ClN.ClH/c1-17(2,11-10-16)12-14-8-5-7-13-6-3-4-9-15(13)14;/h3-9H,10-12H2,1-2H3;1H/q+1;/p-1. The van der Waals surface area contributed by atoms with Gasteiger partial charge in [0.1, 0.15) is 6.54 Å². The number of fused-ring (bicyclic) bond motifs is 1. The van der Waals surface area contributed by atoms with E-state index in [0.29, 0.717) is 5.88 Å². The molecule has 0 spiro atoms. The van der Waals surface area contributed by atoms with Crippen LogP contribution in [0.1, 0.15) is 5.56 Å². The van der Waals surface area contributed by atoms with E-state index in [9.17, 15) is 0 Å². The van der Waals surface area contributed by atoms with Crippen molar-refractivity contribution in [1.29, 1.82) is 0 Å². The third-order valence-electron chi connectivity index (χ3n) is 3.17. The molecule has 0 fully saturated rings. The Hall–Kier alpha value is -0.760. The summed E-state index contributed by atoms with van der Waals surface area (Å²) in [5.74, 6) is 0.706. The van der Waals surface area contributed by atoms with E-state index in [1.807, 2.05) is 0 Å². The number of halogens is 2. The van der Waals surface area contributed by atoms with Crippen LogP contribution in [-0.2, 0) is 6.54 Å². The van der Waals surface area contributed by atoms with E-state index in [2.05, 4.69) is 56.6 Å². The second-order valence-corrected chi connectivity index (χ2v) is 5.52. The van der Waals surface area contributed by atoms with Crippen LogP contribution in [0.25, 0.3) is 10.8 Å². The first-order valence-corrected chi connectivity index (χ1v) is 6.50. The summed E-state index contributed by atoms with van der Waals surface area (Å²) in [5.41, 5.74) is 1.40. The fourth-order valence-electron chi connectivity index (χ4n) is 2.20. The van der Waals surface area contributed by atoms with Crippen molar-refractivity contribution in [3.8, 4) is 0 Å². The largest absolute Gasteiger partial charge is 1.00 e. The molecule has 98 valence electrons. The number of nitrogens with zero attached hydrogens (tertiary/aromatic N) is 1. The molecule has 3 heteroatoms. The van der Waals surface area contributed by atoms with Crippen molar-refractivity contribution in [2.45, 2.75) is 6.54 Å². The van der Waals surface area contributed by atoms with Gasteiger partial charge in [0, 0.05) is 5.56 Å². The van der Waals surface area contributed by atoms with Crippen LogP contribution in [0.5, 0.6) is 0 Å². The van der Waals surface area contributed by atoms with Crippen LogP contribution in [0.2, 0.25) is 0 Å². The highest BCUT2D eigenvalue weighted by Crippen LogP contribution is 2.21. The highest BCUT2D eigenvalue weighted by atomic mass is 35.5. The number of rotatable bonds is 4. The topological polar surface area (TPSA) is 0 Å². The molecule has 0 N–H and O–H groups in total. The molecule has 2 aromatic carbocycles. The minimum absolute atomic E-state index is 0. The molecule has 0 unspecified atom stereocenters. The van der Waals surface area contributed by atoms with Crippen molar-refractivity contribution in [2.75, 3.05) is 26.5 Å². The molecular weight excluding hydrogens is 265 g/mol. The summed E-state index contributed by atoms with van der Waals surface area (Å²) < 4.78 is 0.928. The number of hydrogen-bond acceptors (Lipinski definition) is 0. The highest BCUT2D eigenvalue weighted by molar-refractivity contribution is 6.17. The van der Waals surface area contributed by atoms with Gasteiger partial charge >= 0.3 is 0 Å². The van der Waals surface area contributed by atoms with Crippen LogP contribution in [-0.4, -0.2) is 31.0 Å². The Bertz CT molecular complexity index is 503. The zero-order chi connectivity index (χ0) is 12.3. The minimum atomic E-state index is 0. The van der Waals surface area contributed by atoms with Crippen molar-refractivity contribution in [2.24, 2.45) is 0 Å². The van der Waals surface area contributed by atoms with Gasteiger partial charge in [0.05, 0.1) is 26.5 Å². The van der Waals surface area contributed by atoms with E-state index in [1.165, 1.54) is 16.3 Å². The molecule has 0 saturated carbocycles. The predicted octanol–water partition coefficient (Wildman–Crippen LogP) is 0.659. The van der Waals surface area contributed by atoms with Gasteiger partial charge in [-0.3, -0.25) is 0 Å². The molecule has 0 radical (unpaired) electrons. The lowest BCUT2D eigenvalue weighted by molar-refractivity contribution is -0.901. The van der Waals surface area contributed by atoms with Gasteiger partial charge in [0.15, 0.2) is 0 Å². The van der Waals surface area contributed by atoms with Crippen LogP contribution in [0, 0.1) is 0 Å². The van der Waals surface area contributed by atoms with Gasteiger partial charge in [-0.1, -0.05) is 42.5 Å². The van der Waals surface area contributed by atoms with Crippen LogP contribution in [0.15, 0.2) is 42.5 Å². The van der Waals surface area contributed by atoms with Crippen molar-refractivity contribution in [1.82, 2.24) is 0 Å². The summed E-state index contributed by atoms with van der Waals surface area (Å²) in [4.78, 5) is 0. The first-order valence-electron chi connectivity index (χ1n) is 5.97. The van der Waals surface area contributed by atoms with Gasteiger partial charge in [-0.25, -0.2) is 0 Å². The minimum Gasteiger partial charge on any atom is -1.00 e. The maximum atomic E-state index is 5.85. The average molecular weight is 284 g/mol. The summed E-state index contributed by atoms with van der Waals surface area (Å²) in [5, 5.41) is 2.67. The molecular formula is C15H19Cl2N. The van der Waals surface area contributed by atoms with Gasteiger partial charge in [-0.15, -0.1) is 11.6 Å². The van der Waals surface area contributed by atoms with Crippen molar-refractivity contribution < 1.29 is 16.9 Å². The zero-order valence-electron chi connectivity index (χ0n) is 10.9. The van der Waals surface area contributed by atoms with Gasteiger partial charge in [-0.05, 0) is 10.8 Å². The Morgan fingerprint density at radius 3 is 2.39 bits per heavy atom. The fraction of sp³-hybridized carbons (Fsp3) is 0.333. The van der Waals surface area contributed by atoms with E-state index in [0.717, 1.165) is 17.6 Å². The summed E-state index contributed by atoms with van der Waals surface area (Å²) in [6.45, 7) is 2.01. The second-order valence-electron chi connectivity index (χ2n) is 5.14. The molecule has 0 heterocycles. The summed E-state index contributed by atoms with van der Waals surface area (Å²) in [7, 11) is 4.45. The number of quaternary nitrogens is 1. The van der Waals surface area contributed by atoms with Gasteiger partial charge in [-0.2, -0.15) is 0 Å². The van der Waals surface area contributed by atoms with E-state index < -0.39 is 0 Å². The third kappa shape index (κ3) is 3.61. The van der Waals surface area contributed by atoms with Gasteiger partial charge < -0.3 is 16.9 Å². The lowest BCUT2D eigenvalue weighted by atomic mass is 10.0. The van der Waals surface area contributed by atoms with Crippen molar-refractivity contribution in [3.63, 3.8) is 0 Å². The monoisotopic (exact) mass is 283 g/mol. The van der Waals surface area contributed by atoms with Gasteiger partial charge in [0.25, 0.3) is 0 Å². The lowest BCUT2D eigenvalue weighted by Crippen LogP contribution is -3.00. The summed E-state index contributed by atoms with van der Waals surface area (Å²) in [6, 6.07) is 15.1. The van der Waals surface area contributed by atoms with Crippen LogP contribution >= 0.6 is 11.6 Å². The molecule has 0 aliphatic rings. The fourth-order valence-corrected chi connectivity index (χ4v) is 2.66. The molecule has 2 aromatic rings. The Balaban J connectivity index is 0.00000162. The molecule has 0 aliphatic carbocycles. The van der Waals surface area contributed by atoms with E-state index >= 15 is 0 Å². The molecule has 0 saturated heterocycles. The average Bonchev–Trinajstić information content (AvgIpc) is 2.29. The Morgan fingerprint density at radius 1 is 1.00 bits per heavy atom. The normalized spacial score (nSPS) is 11.3. The summed E-state index contributed by atoms with van der Waals surface area (Å²) >= 11 is 5.85. The smallest absolute Gasteiger partial charge is 0.105 e. The molecule has 0 aromatic heterocycles. The molecule has 2 rings (SSSR count). The SMILES string of the molecule is C[N+](C)(CCCl)Cc1cccc2ccccc12.[Cl-]. The first kappa shape index (κ1) is 15.3. The lowest BCUT2D eigenvalue weighted by Gasteiger charge is -2.29. The maximum Gasteiger partial charge on any atom is 0.105 e. The molecule has 0 amide bonds. The zero-order valence-corrected chi connectivity index (χ0v) is 12.4. The molecule has 0 atom stereocenters.